The van der Waals surface area contributed by atoms with Gasteiger partial charge in [0.15, 0.2) is 5.65 Å². The number of nitrogens with zero attached hydrogens (tertiary/aromatic N) is 4. The number of aliphatic hydroxyl groups excluding tert-OH is 1. The summed E-state index contributed by atoms with van der Waals surface area (Å²) in [6.07, 6.45) is 6.47. The van der Waals surface area contributed by atoms with Crippen molar-refractivity contribution in [1.82, 2.24) is 19.5 Å². The first-order chi connectivity index (χ1) is 16.4. The summed E-state index contributed by atoms with van der Waals surface area (Å²) in [4.78, 5) is 25.4. The van der Waals surface area contributed by atoms with Crippen LogP contribution in [0.2, 0.25) is 5.02 Å². The first-order valence-corrected chi connectivity index (χ1v) is 12.0. The molecule has 0 radical (unpaired) electrons. The van der Waals surface area contributed by atoms with Crippen LogP contribution in [0.4, 0.5) is 22.0 Å². The van der Waals surface area contributed by atoms with E-state index in [2.05, 4.69) is 20.6 Å². The second-order valence-electron chi connectivity index (χ2n) is 9.11. The molecule has 2 atom stereocenters. The van der Waals surface area contributed by atoms with Gasteiger partial charge in [-0.25, -0.2) is 14.4 Å². The van der Waals surface area contributed by atoms with Crippen molar-refractivity contribution in [3.63, 3.8) is 0 Å². The van der Waals surface area contributed by atoms with Crippen molar-refractivity contribution in [1.29, 1.82) is 0 Å². The van der Waals surface area contributed by atoms with Crippen molar-refractivity contribution in [3.8, 4) is 0 Å². The highest BCUT2D eigenvalue weighted by molar-refractivity contribution is 6.30. The first-order valence-electron chi connectivity index (χ1n) is 11.6. The number of halogens is 2. The molecule has 1 amide bonds. The van der Waals surface area contributed by atoms with Gasteiger partial charge in [0.1, 0.15) is 11.3 Å². The van der Waals surface area contributed by atoms with Gasteiger partial charge in [-0.15, -0.1) is 0 Å². The van der Waals surface area contributed by atoms with Gasteiger partial charge in [-0.3, -0.25) is 9.36 Å². The predicted octanol–water partition coefficient (Wildman–Crippen LogP) is 3.90. The van der Waals surface area contributed by atoms with E-state index in [1.165, 1.54) is 18.2 Å². The Morgan fingerprint density at radius 2 is 1.97 bits per heavy atom. The van der Waals surface area contributed by atoms with Crippen molar-refractivity contribution >= 4 is 46.3 Å². The molecule has 2 saturated carbocycles. The summed E-state index contributed by atoms with van der Waals surface area (Å²) in [7, 11) is 0. The van der Waals surface area contributed by atoms with Crippen LogP contribution in [0.5, 0.6) is 0 Å². The molecule has 1 aromatic carbocycles. The summed E-state index contributed by atoms with van der Waals surface area (Å²) in [6, 6.07) is 4.18. The quantitative estimate of drug-likeness (QED) is 0.414. The third-order valence-electron chi connectivity index (χ3n) is 6.87. The minimum Gasteiger partial charge on any atom is -0.391 e. The van der Waals surface area contributed by atoms with E-state index < -0.39 is 11.9 Å². The molecule has 0 saturated heterocycles. The summed E-state index contributed by atoms with van der Waals surface area (Å²) in [6.45, 7) is 0. The maximum Gasteiger partial charge on any atom is 0.225 e. The lowest BCUT2D eigenvalue weighted by Gasteiger charge is -2.29. The minimum atomic E-state index is -0.455. The summed E-state index contributed by atoms with van der Waals surface area (Å²) in [5.41, 5.74) is 6.87. The van der Waals surface area contributed by atoms with Gasteiger partial charge in [0, 0.05) is 17.0 Å². The van der Waals surface area contributed by atoms with Crippen molar-refractivity contribution in [2.24, 2.45) is 11.7 Å². The summed E-state index contributed by atoms with van der Waals surface area (Å²) < 4.78 is 16.4. The van der Waals surface area contributed by atoms with E-state index >= 15 is 0 Å². The van der Waals surface area contributed by atoms with E-state index in [-0.39, 0.29) is 29.6 Å². The van der Waals surface area contributed by atoms with E-state index in [4.69, 9.17) is 22.3 Å². The lowest BCUT2D eigenvalue weighted by Crippen LogP contribution is -2.29. The maximum atomic E-state index is 14.5. The normalized spacial score (nSPS) is 24.9. The van der Waals surface area contributed by atoms with Crippen LogP contribution in [0, 0.1) is 11.7 Å². The van der Waals surface area contributed by atoms with Gasteiger partial charge in [0.2, 0.25) is 17.8 Å². The fraction of sp³-hybridized carbons (Fsp3) is 0.478. The Kier molecular flexibility index (Phi) is 6.26. The van der Waals surface area contributed by atoms with E-state index in [0.717, 1.165) is 19.3 Å². The smallest absolute Gasteiger partial charge is 0.225 e. The monoisotopic (exact) mass is 487 g/mol. The zero-order valence-electron chi connectivity index (χ0n) is 18.5. The topological polar surface area (TPSA) is 131 Å². The van der Waals surface area contributed by atoms with Crippen LogP contribution >= 0.6 is 11.6 Å². The molecule has 3 aromatic rings. The van der Waals surface area contributed by atoms with Gasteiger partial charge in [-0.2, -0.15) is 4.98 Å². The number of nitrogens with one attached hydrogen (secondary N) is 2. The lowest BCUT2D eigenvalue weighted by molar-refractivity contribution is -0.122. The van der Waals surface area contributed by atoms with E-state index in [9.17, 15) is 14.3 Å². The van der Waals surface area contributed by atoms with Gasteiger partial charge in [0.05, 0.1) is 24.0 Å². The molecule has 180 valence electrons. The first kappa shape index (κ1) is 22.8. The standard InChI is InChI=1S/C23H27ClFN7O2/c24-13-6-9-15(25)17(10-13)29-23-30-18-11-27-22(28-16-2-1-3-19(16)33)31-21(18)32(23)14-7-4-12(5-8-14)20(26)34/h6,9-12,14,16,19,33H,1-5,7-8H2,(H2,26,34)(H,29,30)(H,27,28,31)/t12?,14?,16-,19-/m1/s1. The SMILES string of the molecule is NC(=O)C1CCC(n2c(Nc3cc(Cl)ccc3F)nc3cnc(N[C@@H]4CCC[C@H]4O)nc32)CC1. The fourth-order valence-corrected chi connectivity index (χ4v) is 5.17. The second kappa shape index (κ2) is 9.34. The predicted molar refractivity (Wildman–Crippen MR) is 127 cm³/mol. The summed E-state index contributed by atoms with van der Waals surface area (Å²) >= 11 is 6.08. The van der Waals surface area contributed by atoms with Gasteiger partial charge in [-0.1, -0.05) is 11.6 Å². The summed E-state index contributed by atoms with van der Waals surface area (Å²) in [5, 5.41) is 16.9. The minimum absolute atomic E-state index is 0.00911. The van der Waals surface area contributed by atoms with Crippen molar-refractivity contribution in [2.75, 3.05) is 10.6 Å². The molecule has 34 heavy (non-hydrogen) atoms. The molecular weight excluding hydrogens is 461 g/mol. The van der Waals surface area contributed by atoms with Crippen molar-refractivity contribution in [3.05, 3.63) is 35.2 Å². The molecule has 11 heteroatoms. The van der Waals surface area contributed by atoms with E-state index in [0.29, 0.717) is 53.8 Å². The Balaban J connectivity index is 1.52. The number of amides is 1. The molecule has 0 spiro atoms. The molecule has 0 aliphatic heterocycles. The van der Waals surface area contributed by atoms with Crippen LogP contribution in [0.25, 0.3) is 11.2 Å². The van der Waals surface area contributed by atoms with Crippen molar-refractivity contribution in [2.45, 2.75) is 63.1 Å². The van der Waals surface area contributed by atoms with Crippen LogP contribution in [0.15, 0.2) is 24.4 Å². The number of rotatable bonds is 6. The second-order valence-corrected chi connectivity index (χ2v) is 9.55. The molecule has 2 aliphatic carbocycles. The average molecular weight is 488 g/mol. The molecular formula is C23H27ClFN7O2. The molecule has 5 rings (SSSR count). The van der Waals surface area contributed by atoms with Gasteiger partial charge in [-0.05, 0) is 63.1 Å². The van der Waals surface area contributed by atoms with Gasteiger partial charge in [0.25, 0.3) is 0 Å². The van der Waals surface area contributed by atoms with Crippen LogP contribution in [0.1, 0.15) is 51.0 Å². The average Bonchev–Trinajstić information content (AvgIpc) is 3.38. The molecule has 2 aromatic heterocycles. The number of primary amides is 1. The molecule has 5 N–H and O–H groups in total. The van der Waals surface area contributed by atoms with Crippen LogP contribution in [0.3, 0.4) is 0 Å². The number of carbonyl (C=O) groups excluding carboxylic acids is 1. The molecule has 0 unspecified atom stereocenters. The molecule has 9 nitrogen and oxygen atoms in total. The van der Waals surface area contributed by atoms with Crippen LogP contribution < -0.4 is 16.4 Å². The number of hydrogen-bond donors (Lipinski definition) is 4. The third kappa shape index (κ3) is 4.52. The van der Waals surface area contributed by atoms with Gasteiger partial charge >= 0.3 is 0 Å². The lowest BCUT2D eigenvalue weighted by atomic mass is 9.85. The molecule has 2 fully saturated rings. The number of benzene rings is 1. The highest BCUT2D eigenvalue weighted by atomic mass is 35.5. The zero-order chi connectivity index (χ0) is 23.8. The van der Waals surface area contributed by atoms with Crippen LogP contribution in [-0.4, -0.2) is 42.7 Å². The Morgan fingerprint density at radius 3 is 2.68 bits per heavy atom. The number of hydrogen-bond acceptors (Lipinski definition) is 7. The Hall–Kier alpha value is -2.98. The van der Waals surface area contributed by atoms with E-state index in [1.54, 1.807) is 6.20 Å². The number of fused-ring (bicyclic) bond motifs is 1. The molecule has 2 aliphatic rings. The largest absolute Gasteiger partial charge is 0.391 e. The van der Waals surface area contributed by atoms with Crippen molar-refractivity contribution < 1.29 is 14.3 Å². The zero-order valence-corrected chi connectivity index (χ0v) is 19.3. The number of aliphatic hydroxyl groups is 1. The number of imidazole rings is 1. The molecule has 2 heterocycles. The third-order valence-corrected chi connectivity index (χ3v) is 7.10. The Labute approximate surface area is 200 Å². The Bertz CT molecular complexity index is 1210. The van der Waals surface area contributed by atoms with Gasteiger partial charge < -0.3 is 21.5 Å². The highest BCUT2D eigenvalue weighted by Crippen LogP contribution is 2.37. The number of nitrogens with two attached hydrogens (primary N) is 1. The van der Waals surface area contributed by atoms with Crippen LogP contribution in [-0.2, 0) is 4.79 Å². The number of carbonyl (C=O) groups is 1. The highest BCUT2D eigenvalue weighted by Gasteiger charge is 2.30. The number of anilines is 3. The fourth-order valence-electron chi connectivity index (χ4n) is 5.00. The molecule has 0 bridgehead atoms. The summed E-state index contributed by atoms with van der Waals surface area (Å²) in [5.74, 6) is -0.0539. The maximum absolute atomic E-state index is 14.5. The Morgan fingerprint density at radius 1 is 1.18 bits per heavy atom. The van der Waals surface area contributed by atoms with E-state index in [1.807, 2.05) is 4.57 Å². The number of aromatic nitrogens is 4.